The summed E-state index contributed by atoms with van der Waals surface area (Å²) >= 11 is 0. The first-order valence-corrected chi connectivity index (χ1v) is 10.7. The number of amides is 1. The van der Waals surface area contributed by atoms with Crippen LogP contribution in [0.1, 0.15) is 34.3 Å². The van der Waals surface area contributed by atoms with E-state index in [4.69, 9.17) is 10.5 Å². The number of carbonyl (C=O) groups excluding carboxylic acids is 1. The Morgan fingerprint density at radius 3 is 2.65 bits per heavy atom. The van der Waals surface area contributed by atoms with Gasteiger partial charge in [0.25, 0.3) is 5.91 Å². The topological polar surface area (TPSA) is 96.0 Å². The number of likely N-dealkylation sites (tertiary alicyclic amines) is 1. The van der Waals surface area contributed by atoms with Gasteiger partial charge in [0.05, 0.1) is 6.61 Å². The highest BCUT2D eigenvalue weighted by molar-refractivity contribution is 6.59. The van der Waals surface area contributed by atoms with Gasteiger partial charge < -0.3 is 25.4 Å². The number of ether oxygens (including phenoxy) is 1. The predicted molar refractivity (Wildman–Crippen MR) is 120 cm³/mol. The molecule has 0 aromatic heterocycles. The molecule has 158 valence electrons. The van der Waals surface area contributed by atoms with Crippen molar-refractivity contribution in [2.75, 3.05) is 19.7 Å². The molecular weight excluding hydrogens is 391 g/mol. The standard InChI is InChI=1S/C24H25BN2O4/c26-14-16-4-7-22-21(12-16)24(15-31-22)8-10-27(11-9-24)23(28)19-3-1-2-17-5-6-18(25(29)30)13-20(17)19/h1-7,12-13,29-30H,8-11,14-15,26H2. The van der Waals surface area contributed by atoms with Gasteiger partial charge in [-0.3, -0.25) is 4.79 Å². The molecule has 6 nitrogen and oxygen atoms in total. The zero-order valence-corrected chi connectivity index (χ0v) is 17.3. The number of rotatable bonds is 3. The second-order valence-electron chi connectivity index (χ2n) is 8.56. The van der Waals surface area contributed by atoms with E-state index in [1.54, 1.807) is 12.1 Å². The summed E-state index contributed by atoms with van der Waals surface area (Å²) in [6.45, 7) is 2.43. The molecule has 0 radical (unpaired) electrons. The number of fused-ring (bicyclic) bond motifs is 3. The summed E-state index contributed by atoms with van der Waals surface area (Å²) in [4.78, 5) is 15.3. The van der Waals surface area contributed by atoms with Crippen LogP contribution in [0, 0.1) is 0 Å². The van der Waals surface area contributed by atoms with Gasteiger partial charge in [-0.2, -0.15) is 0 Å². The molecular formula is C24H25BN2O4. The van der Waals surface area contributed by atoms with Crippen LogP contribution in [-0.4, -0.2) is 47.7 Å². The van der Waals surface area contributed by atoms with E-state index in [1.807, 2.05) is 41.3 Å². The maximum absolute atomic E-state index is 13.4. The van der Waals surface area contributed by atoms with Crippen molar-refractivity contribution in [1.82, 2.24) is 4.90 Å². The molecule has 0 bridgehead atoms. The Bertz CT molecular complexity index is 1160. The van der Waals surface area contributed by atoms with Gasteiger partial charge in [0, 0.05) is 36.2 Å². The number of hydrogen-bond acceptors (Lipinski definition) is 5. The van der Waals surface area contributed by atoms with Crippen molar-refractivity contribution in [3.63, 3.8) is 0 Å². The van der Waals surface area contributed by atoms with Gasteiger partial charge in [-0.15, -0.1) is 0 Å². The molecule has 2 aliphatic heterocycles. The van der Waals surface area contributed by atoms with Crippen molar-refractivity contribution >= 4 is 29.3 Å². The van der Waals surface area contributed by atoms with Gasteiger partial charge in [0.2, 0.25) is 0 Å². The molecule has 7 heteroatoms. The lowest BCUT2D eigenvalue weighted by molar-refractivity contribution is 0.0648. The number of hydrogen-bond donors (Lipinski definition) is 3. The Kier molecular flexibility index (Phi) is 4.97. The fourth-order valence-corrected chi connectivity index (χ4v) is 4.90. The van der Waals surface area contributed by atoms with Crippen LogP contribution in [0.25, 0.3) is 10.8 Å². The summed E-state index contributed by atoms with van der Waals surface area (Å²) in [7, 11) is -1.57. The number of piperidine rings is 1. The van der Waals surface area contributed by atoms with Gasteiger partial charge in [-0.25, -0.2) is 0 Å². The number of benzene rings is 3. The van der Waals surface area contributed by atoms with Crippen molar-refractivity contribution in [3.05, 3.63) is 71.3 Å². The second-order valence-corrected chi connectivity index (χ2v) is 8.56. The van der Waals surface area contributed by atoms with Gasteiger partial charge in [0.1, 0.15) is 5.75 Å². The smallest absolute Gasteiger partial charge is 0.488 e. The van der Waals surface area contributed by atoms with Crippen molar-refractivity contribution in [1.29, 1.82) is 0 Å². The molecule has 31 heavy (non-hydrogen) atoms. The Morgan fingerprint density at radius 1 is 1.10 bits per heavy atom. The molecule has 3 aromatic rings. The summed E-state index contributed by atoms with van der Waals surface area (Å²) < 4.78 is 5.97. The summed E-state index contributed by atoms with van der Waals surface area (Å²) in [6, 6.07) is 16.9. The van der Waals surface area contributed by atoms with Crippen LogP contribution < -0.4 is 15.9 Å². The fourth-order valence-electron chi connectivity index (χ4n) is 4.90. The molecule has 0 aliphatic carbocycles. The minimum absolute atomic E-state index is 0.0279. The highest BCUT2D eigenvalue weighted by atomic mass is 16.5. The zero-order chi connectivity index (χ0) is 21.6. The quantitative estimate of drug-likeness (QED) is 0.563. The van der Waals surface area contributed by atoms with E-state index >= 15 is 0 Å². The molecule has 0 atom stereocenters. The third-order valence-corrected chi connectivity index (χ3v) is 6.80. The molecule has 4 N–H and O–H groups in total. The van der Waals surface area contributed by atoms with Crippen molar-refractivity contribution in [2.45, 2.75) is 24.8 Å². The van der Waals surface area contributed by atoms with Crippen LogP contribution in [0.15, 0.2) is 54.6 Å². The zero-order valence-electron chi connectivity index (χ0n) is 17.3. The fraction of sp³-hybridized carbons (Fsp3) is 0.292. The first kappa shape index (κ1) is 20.1. The molecule has 1 fully saturated rings. The van der Waals surface area contributed by atoms with Gasteiger partial charge >= 0.3 is 7.12 Å². The Hall–Kier alpha value is -2.87. The molecule has 0 saturated carbocycles. The van der Waals surface area contributed by atoms with E-state index in [-0.39, 0.29) is 11.3 Å². The minimum Gasteiger partial charge on any atom is -0.492 e. The van der Waals surface area contributed by atoms with E-state index in [1.165, 1.54) is 5.56 Å². The molecule has 1 amide bonds. The number of nitrogens with two attached hydrogens (primary N) is 1. The van der Waals surface area contributed by atoms with Crippen molar-refractivity contribution < 1.29 is 19.6 Å². The van der Waals surface area contributed by atoms with Gasteiger partial charge in [-0.05, 0) is 46.8 Å². The summed E-state index contributed by atoms with van der Waals surface area (Å²) in [6.07, 6.45) is 1.68. The van der Waals surface area contributed by atoms with Crippen LogP contribution in [-0.2, 0) is 12.0 Å². The SMILES string of the molecule is NCc1ccc2c(c1)C1(CCN(C(=O)c3cccc4ccc(B(O)O)cc34)CC1)CO2. The predicted octanol–water partition coefficient (Wildman–Crippen LogP) is 1.54. The lowest BCUT2D eigenvalue weighted by atomic mass is 9.74. The Morgan fingerprint density at radius 2 is 1.90 bits per heavy atom. The average molecular weight is 416 g/mol. The molecule has 2 heterocycles. The first-order chi connectivity index (χ1) is 15.0. The monoisotopic (exact) mass is 416 g/mol. The largest absolute Gasteiger partial charge is 0.492 e. The normalized spacial score (nSPS) is 16.9. The summed E-state index contributed by atoms with van der Waals surface area (Å²) in [5.41, 5.74) is 9.05. The van der Waals surface area contributed by atoms with Crippen LogP contribution in [0.3, 0.4) is 0 Å². The lowest BCUT2D eigenvalue weighted by Gasteiger charge is -2.38. The maximum Gasteiger partial charge on any atom is 0.488 e. The molecule has 0 unspecified atom stereocenters. The van der Waals surface area contributed by atoms with Crippen molar-refractivity contribution in [2.24, 2.45) is 5.73 Å². The Labute approximate surface area is 181 Å². The third kappa shape index (κ3) is 3.39. The molecule has 2 aliphatic rings. The third-order valence-electron chi connectivity index (χ3n) is 6.80. The molecule has 3 aromatic carbocycles. The maximum atomic E-state index is 13.4. The minimum atomic E-state index is -1.57. The highest BCUT2D eigenvalue weighted by Crippen LogP contribution is 2.46. The lowest BCUT2D eigenvalue weighted by Crippen LogP contribution is -2.46. The summed E-state index contributed by atoms with van der Waals surface area (Å²) in [5.74, 6) is 0.904. The highest BCUT2D eigenvalue weighted by Gasteiger charge is 2.44. The van der Waals surface area contributed by atoms with Crippen LogP contribution in [0.2, 0.25) is 0 Å². The second kappa shape index (κ2) is 7.68. The van der Waals surface area contributed by atoms with Crippen LogP contribution in [0.5, 0.6) is 5.75 Å². The van der Waals surface area contributed by atoms with E-state index in [2.05, 4.69) is 6.07 Å². The van der Waals surface area contributed by atoms with Gasteiger partial charge in [0.15, 0.2) is 0 Å². The van der Waals surface area contributed by atoms with Crippen LogP contribution in [0.4, 0.5) is 0 Å². The number of nitrogens with zero attached hydrogens (tertiary/aromatic N) is 1. The summed E-state index contributed by atoms with van der Waals surface area (Å²) in [5, 5.41) is 20.7. The van der Waals surface area contributed by atoms with E-state index in [9.17, 15) is 14.8 Å². The molecule has 5 rings (SSSR count). The van der Waals surface area contributed by atoms with Crippen molar-refractivity contribution in [3.8, 4) is 5.75 Å². The average Bonchev–Trinajstić information content (AvgIpc) is 3.15. The van der Waals surface area contributed by atoms with E-state index in [0.29, 0.717) is 37.3 Å². The van der Waals surface area contributed by atoms with E-state index < -0.39 is 7.12 Å². The number of carbonyl (C=O) groups is 1. The van der Waals surface area contributed by atoms with E-state index in [0.717, 1.165) is 34.9 Å². The molecule has 1 spiro atoms. The molecule has 1 saturated heterocycles. The Balaban J connectivity index is 1.40. The van der Waals surface area contributed by atoms with Gasteiger partial charge in [-0.1, -0.05) is 42.5 Å². The van der Waals surface area contributed by atoms with Crippen LogP contribution >= 0.6 is 0 Å². The first-order valence-electron chi connectivity index (χ1n) is 10.7.